The highest BCUT2D eigenvalue weighted by atomic mass is 32.3. The molecule has 176 valence electrons. The van der Waals surface area contributed by atoms with Gasteiger partial charge in [0.25, 0.3) is 0 Å². The Morgan fingerprint density at radius 2 is 1.09 bits per heavy atom. The van der Waals surface area contributed by atoms with Crippen molar-refractivity contribution in [2.45, 2.75) is 53.2 Å². The quantitative estimate of drug-likeness (QED) is 0.416. The molecule has 4 aliphatic rings. The predicted octanol–water partition coefficient (Wildman–Crippen LogP) is 7.05. The minimum absolute atomic E-state index is 0.0772. The molecule has 0 amide bonds. The second-order valence-electron chi connectivity index (χ2n) is 10.4. The molecule has 7 rings (SSSR count). The first-order valence-electron chi connectivity index (χ1n) is 12.2. The van der Waals surface area contributed by atoms with Crippen LogP contribution in [0, 0.1) is 23.2 Å². The van der Waals surface area contributed by atoms with Crippen LogP contribution in [0.2, 0.25) is 0 Å². The molecule has 0 unspecified atom stereocenters. The number of hydrogen-bond donors (Lipinski definition) is 2. The van der Waals surface area contributed by atoms with Gasteiger partial charge in [0.2, 0.25) is 0 Å². The summed E-state index contributed by atoms with van der Waals surface area (Å²) in [6.07, 6.45) is 6.60. The fourth-order valence-corrected chi connectivity index (χ4v) is 10.1. The third-order valence-corrected chi connectivity index (χ3v) is 11.3. The van der Waals surface area contributed by atoms with E-state index in [1.165, 1.54) is 19.3 Å². The van der Waals surface area contributed by atoms with Crippen LogP contribution in [0.3, 0.4) is 0 Å². The summed E-state index contributed by atoms with van der Waals surface area (Å²) >= 11 is 0. The number of phenols is 2. The predicted molar refractivity (Wildman–Crippen MR) is 132 cm³/mol. The summed E-state index contributed by atoms with van der Waals surface area (Å²) in [7, 11) is -2.43. The summed E-state index contributed by atoms with van der Waals surface area (Å²) < 4.78 is 6.84. The monoisotopic (exact) mass is 474 g/mol. The number of rotatable bonds is 5. The van der Waals surface area contributed by atoms with Gasteiger partial charge in [0.15, 0.2) is 0 Å². The van der Waals surface area contributed by atoms with Gasteiger partial charge in [-0.3, -0.25) is 4.79 Å². The highest BCUT2D eigenvalue weighted by Gasteiger charge is 2.57. The summed E-state index contributed by atoms with van der Waals surface area (Å²) in [6.45, 7) is 0. The molecule has 4 aliphatic carbocycles. The Morgan fingerprint density at radius 3 is 1.53 bits per heavy atom. The van der Waals surface area contributed by atoms with Crippen LogP contribution in [0.5, 0.6) is 11.5 Å². The van der Waals surface area contributed by atoms with Crippen molar-refractivity contribution in [3.05, 3.63) is 78.9 Å². The standard InChI is InChI=1S/C29H30O4S/c30-23-6-10-26(11-7-23)34(25-4-2-1-3-5-25,27-12-8-24(31)9-13-27)33-28(32)29-17-20-14-21(18-29)16-22(15-20)19-29/h1-13,20-22,30-31H,14-19H2. The summed E-state index contributed by atoms with van der Waals surface area (Å²) in [5.41, 5.74) is -0.393. The van der Waals surface area contributed by atoms with E-state index in [9.17, 15) is 15.0 Å². The van der Waals surface area contributed by atoms with Gasteiger partial charge in [-0.05, 0) is 127 Å². The van der Waals surface area contributed by atoms with Crippen LogP contribution in [0.15, 0.2) is 93.5 Å². The fourth-order valence-electron chi connectivity index (χ4n) is 7.00. The van der Waals surface area contributed by atoms with Gasteiger partial charge in [-0.1, -0.05) is 18.2 Å². The summed E-state index contributed by atoms with van der Waals surface area (Å²) in [5.74, 6) is 2.19. The van der Waals surface area contributed by atoms with Crippen molar-refractivity contribution in [3.63, 3.8) is 0 Å². The first-order valence-corrected chi connectivity index (χ1v) is 13.7. The minimum Gasteiger partial charge on any atom is -0.508 e. The lowest BCUT2D eigenvalue weighted by atomic mass is 9.49. The molecule has 0 saturated heterocycles. The average molecular weight is 475 g/mol. The molecule has 34 heavy (non-hydrogen) atoms. The van der Waals surface area contributed by atoms with E-state index >= 15 is 0 Å². The molecular formula is C29H30O4S. The maximum Gasteiger partial charge on any atom is 0.323 e. The normalized spacial score (nSPS) is 27.9. The molecule has 4 nitrogen and oxygen atoms in total. The van der Waals surface area contributed by atoms with E-state index in [2.05, 4.69) is 0 Å². The Bertz CT molecular complexity index is 1110. The molecule has 3 aromatic rings. The van der Waals surface area contributed by atoms with Crippen LogP contribution in [0.25, 0.3) is 0 Å². The van der Waals surface area contributed by atoms with E-state index in [1.54, 1.807) is 24.3 Å². The lowest BCUT2D eigenvalue weighted by Gasteiger charge is -2.56. The zero-order valence-corrected chi connectivity index (χ0v) is 19.9. The lowest BCUT2D eigenvalue weighted by molar-refractivity contribution is -0.160. The van der Waals surface area contributed by atoms with E-state index < -0.39 is 15.7 Å². The first-order chi connectivity index (χ1) is 16.5. The minimum atomic E-state index is -2.43. The van der Waals surface area contributed by atoms with Gasteiger partial charge in [-0.25, -0.2) is 0 Å². The number of carbonyl (C=O) groups excluding carboxylic acids is 1. The molecule has 4 fully saturated rings. The third kappa shape index (κ3) is 3.49. The smallest absolute Gasteiger partial charge is 0.323 e. The van der Waals surface area contributed by atoms with Gasteiger partial charge in [0.05, 0.1) is 5.41 Å². The van der Waals surface area contributed by atoms with Crippen LogP contribution in [-0.4, -0.2) is 16.2 Å². The van der Waals surface area contributed by atoms with E-state index in [4.69, 9.17) is 4.18 Å². The van der Waals surface area contributed by atoms with Crippen molar-refractivity contribution < 1.29 is 19.2 Å². The third-order valence-electron chi connectivity index (χ3n) is 8.08. The topological polar surface area (TPSA) is 66.8 Å². The van der Waals surface area contributed by atoms with Crippen LogP contribution >= 0.6 is 10.3 Å². The summed E-state index contributed by atoms with van der Waals surface area (Å²) in [4.78, 5) is 16.9. The second-order valence-corrected chi connectivity index (χ2v) is 13.1. The van der Waals surface area contributed by atoms with Crippen LogP contribution in [0.4, 0.5) is 0 Å². The van der Waals surface area contributed by atoms with E-state index in [-0.39, 0.29) is 17.5 Å². The van der Waals surface area contributed by atoms with E-state index in [0.717, 1.165) is 33.9 Å². The first kappa shape index (κ1) is 21.6. The lowest BCUT2D eigenvalue weighted by Crippen LogP contribution is -2.50. The number of aromatic hydroxyl groups is 2. The largest absolute Gasteiger partial charge is 0.508 e. The van der Waals surface area contributed by atoms with Gasteiger partial charge in [0, 0.05) is 14.7 Å². The zero-order valence-electron chi connectivity index (χ0n) is 19.1. The molecule has 5 heteroatoms. The SMILES string of the molecule is O=C(OS(c1ccccc1)(c1ccc(O)cc1)c1ccc(O)cc1)C12CC3CC(CC(C3)C1)C2. The van der Waals surface area contributed by atoms with Gasteiger partial charge in [-0.2, -0.15) is 0 Å². The number of carbonyl (C=O) groups is 1. The Morgan fingerprint density at radius 1 is 0.676 bits per heavy atom. The van der Waals surface area contributed by atoms with E-state index in [0.29, 0.717) is 17.8 Å². The summed E-state index contributed by atoms with van der Waals surface area (Å²) in [5, 5.41) is 20.0. The Kier molecular flexibility index (Phi) is 5.14. The van der Waals surface area contributed by atoms with Crippen LogP contribution < -0.4 is 0 Å². The van der Waals surface area contributed by atoms with Crippen LogP contribution in [-0.2, 0) is 8.98 Å². The second kappa shape index (κ2) is 8.09. The molecule has 3 aromatic carbocycles. The fraction of sp³-hybridized carbons (Fsp3) is 0.345. The van der Waals surface area contributed by atoms with Crippen molar-refractivity contribution >= 4 is 16.3 Å². The molecule has 0 aromatic heterocycles. The summed E-state index contributed by atoms with van der Waals surface area (Å²) in [6, 6.07) is 24.0. The molecule has 4 saturated carbocycles. The van der Waals surface area contributed by atoms with Gasteiger partial charge in [0.1, 0.15) is 11.5 Å². The number of benzene rings is 3. The van der Waals surface area contributed by atoms with Crippen molar-refractivity contribution in [1.29, 1.82) is 0 Å². The molecule has 0 radical (unpaired) electrons. The molecule has 0 aliphatic heterocycles. The molecule has 2 N–H and O–H groups in total. The van der Waals surface area contributed by atoms with E-state index in [1.807, 2.05) is 54.6 Å². The van der Waals surface area contributed by atoms with Crippen molar-refractivity contribution in [1.82, 2.24) is 0 Å². The van der Waals surface area contributed by atoms with Crippen molar-refractivity contribution in [2.75, 3.05) is 0 Å². The number of hydrogen-bond acceptors (Lipinski definition) is 4. The Balaban J connectivity index is 1.51. The maximum absolute atomic E-state index is 14.3. The molecule has 0 atom stereocenters. The van der Waals surface area contributed by atoms with Gasteiger partial charge >= 0.3 is 5.97 Å². The van der Waals surface area contributed by atoms with Crippen LogP contribution in [0.1, 0.15) is 38.5 Å². The van der Waals surface area contributed by atoms with Crippen molar-refractivity contribution in [2.24, 2.45) is 23.2 Å². The highest BCUT2D eigenvalue weighted by molar-refractivity contribution is 8.30. The molecule has 0 heterocycles. The number of phenolic OH excluding ortho intramolecular Hbond substituents is 2. The molecule has 4 bridgehead atoms. The maximum atomic E-state index is 14.3. The van der Waals surface area contributed by atoms with Crippen molar-refractivity contribution in [3.8, 4) is 11.5 Å². The zero-order chi connectivity index (χ0) is 23.3. The molecular weight excluding hydrogens is 444 g/mol. The Labute approximate surface area is 202 Å². The Hall–Kier alpha value is -2.92. The average Bonchev–Trinajstić information content (AvgIpc) is 2.83. The van der Waals surface area contributed by atoms with Gasteiger partial charge < -0.3 is 14.4 Å². The molecule has 0 spiro atoms. The van der Waals surface area contributed by atoms with Gasteiger partial charge in [-0.15, -0.1) is 0 Å². The highest BCUT2D eigenvalue weighted by Crippen LogP contribution is 2.71.